The largest absolute Gasteiger partial charge is 0.481 e. The number of ether oxygens (including phenoxy) is 2. The summed E-state index contributed by atoms with van der Waals surface area (Å²) in [5, 5.41) is 19.0. The third-order valence-electron chi connectivity index (χ3n) is 2.14. The summed E-state index contributed by atoms with van der Waals surface area (Å²) in [4.78, 5) is 34.1. The maximum absolute atomic E-state index is 10.6. The van der Waals surface area contributed by atoms with Gasteiger partial charge < -0.3 is 20.3 Å². The van der Waals surface area contributed by atoms with Gasteiger partial charge in [-0.2, -0.15) is 0 Å². The molecule has 1 aromatic heterocycles. The average Bonchev–Trinajstić information content (AvgIpc) is 2.35. The number of carboxylic acids is 1. The Morgan fingerprint density at radius 3 is 2.33 bits per heavy atom. The molecule has 0 aliphatic heterocycles. The summed E-state index contributed by atoms with van der Waals surface area (Å²) in [6.45, 7) is 6.80. The zero-order valence-corrected chi connectivity index (χ0v) is 13.9. The first-order valence-corrected chi connectivity index (χ1v) is 6.87. The lowest BCUT2D eigenvalue weighted by molar-refractivity contribution is -0.386. The Hall–Kier alpha value is -2.91. The average molecular weight is 343 g/mol. The molecule has 1 aromatic rings. The quantitative estimate of drug-likeness (QED) is 0.607. The smallest absolute Gasteiger partial charge is 0.405 e. The minimum absolute atomic E-state index is 0.146. The van der Waals surface area contributed by atoms with Crippen LogP contribution in [0.25, 0.3) is 0 Å². The van der Waals surface area contributed by atoms with E-state index in [0.29, 0.717) is 5.69 Å². The van der Waals surface area contributed by atoms with Gasteiger partial charge in [0.1, 0.15) is 12.2 Å². The second kappa shape index (κ2) is 9.28. The Morgan fingerprint density at radius 2 is 1.96 bits per heavy atom. The van der Waals surface area contributed by atoms with E-state index in [-0.39, 0.29) is 24.6 Å². The van der Waals surface area contributed by atoms with E-state index in [4.69, 9.17) is 15.6 Å². The topological polar surface area (TPSA) is 155 Å². The van der Waals surface area contributed by atoms with Gasteiger partial charge in [-0.25, -0.2) is 9.78 Å². The summed E-state index contributed by atoms with van der Waals surface area (Å²) in [5.41, 5.74) is 4.56. The highest BCUT2D eigenvalue weighted by molar-refractivity contribution is 5.66. The van der Waals surface area contributed by atoms with Crippen molar-refractivity contribution in [2.45, 2.75) is 39.7 Å². The number of nitrogens with zero attached hydrogens (tertiary/aromatic N) is 2. The molecule has 0 unspecified atom stereocenters. The van der Waals surface area contributed by atoms with Crippen molar-refractivity contribution >= 4 is 17.7 Å². The van der Waals surface area contributed by atoms with Crippen LogP contribution in [0.4, 0.5) is 10.5 Å². The number of aryl methyl sites for hydroxylation is 1. The molecule has 10 heteroatoms. The first-order chi connectivity index (χ1) is 10.9. The minimum Gasteiger partial charge on any atom is -0.481 e. The first-order valence-electron chi connectivity index (χ1n) is 6.87. The van der Waals surface area contributed by atoms with Crippen molar-refractivity contribution in [3.05, 3.63) is 27.9 Å². The second-order valence-corrected chi connectivity index (χ2v) is 5.56. The molecule has 3 N–H and O–H groups in total. The van der Waals surface area contributed by atoms with Gasteiger partial charge in [-0.05, 0) is 33.8 Å². The predicted octanol–water partition coefficient (Wildman–Crippen LogP) is 2.03. The van der Waals surface area contributed by atoms with E-state index >= 15 is 0 Å². The first kappa shape index (κ1) is 21.1. The fraction of sp³-hybridized carbons (Fsp3) is 0.500. The SMILES string of the molecule is CC(C)(C)OC(N)=O.Cc1ccc([N+](=O)[O-])c(OCCC(=O)O)n1. The van der Waals surface area contributed by atoms with Crippen LogP contribution >= 0.6 is 0 Å². The van der Waals surface area contributed by atoms with Crippen molar-refractivity contribution in [1.82, 2.24) is 4.98 Å². The number of aromatic nitrogens is 1. The Morgan fingerprint density at radius 1 is 1.38 bits per heavy atom. The molecule has 0 aliphatic carbocycles. The van der Waals surface area contributed by atoms with Crippen LogP contribution in [0.5, 0.6) is 5.88 Å². The number of nitrogens with two attached hydrogens (primary N) is 1. The number of carbonyl (C=O) groups is 2. The van der Waals surface area contributed by atoms with E-state index in [1.165, 1.54) is 12.1 Å². The van der Waals surface area contributed by atoms with Crippen molar-refractivity contribution < 1.29 is 29.1 Å². The molecule has 0 fully saturated rings. The zero-order chi connectivity index (χ0) is 18.9. The van der Waals surface area contributed by atoms with Crippen LogP contribution in [0.2, 0.25) is 0 Å². The van der Waals surface area contributed by atoms with Crippen molar-refractivity contribution in [2.75, 3.05) is 6.61 Å². The molecular weight excluding hydrogens is 322 g/mol. The van der Waals surface area contributed by atoms with E-state index in [9.17, 15) is 19.7 Å². The number of carbonyl (C=O) groups excluding carboxylic acids is 1. The highest BCUT2D eigenvalue weighted by Gasteiger charge is 2.17. The summed E-state index contributed by atoms with van der Waals surface area (Å²) in [6, 6.07) is 2.76. The van der Waals surface area contributed by atoms with Crippen molar-refractivity contribution in [3.8, 4) is 5.88 Å². The van der Waals surface area contributed by atoms with Crippen LogP contribution < -0.4 is 10.5 Å². The Balaban J connectivity index is 0.000000561. The molecule has 0 bridgehead atoms. The number of pyridine rings is 1. The van der Waals surface area contributed by atoms with Crippen LogP contribution in [-0.4, -0.2) is 39.3 Å². The van der Waals surface area contributed by atoms with E-state index < -0.39 is 22.6 Å². The predicted molar refractivity (Wildman–Crippen MR) is 83.8 cm³/mol. The molecule has 0 spiro atoms. The van der Waals surface area contributed by atoms with E-state index in [2.05, 4.69) is 9.72 Å². The number of rotatable bonds is 5. The van der Waals surface area contributed by atoms with Gasteiger partial charge in [0.15, 0.2) is 0 Å². The Kier molecular flexibility index (Phi) is 8.15. The molecule has 0 aromatic carbocycles. The van der Waals surface area contributed by atoms with Crippen molar-refractivity contribution in [3.63, 3.8) is 0 Å². The number of hydrogen-bond donors (Lipinski definition) is 2. The summed E-state index contributed by atoms with van der Waals surface area (Å²) in [6.07, 6.45) is -0.954. The molecule has 1 amide bonds. The number of primary amides is 1. The molecule has 0 saturated carbocycles. The number of amides is 1. The molecule has 24 heavy (non-hydrogen) atoms. The molecule has 134 valence electrons. The molecule has 0 radical (unpaired) electrons. The lowest BCUT2D eigenvalue weighted by atomic mass is 10.2. The van der Waals surface area contributed by atoms with Crippen LogP contribution in [0.1, 0.15) is 32.9 Å². The van der Waals surface area contributed by atoms with Crippen LogP contribution in [0.3, 0.4) is 0 Å². The molecule has 0 aliphatic rings. The van der Waals surface area contributed by atoms with Gasteiger partial charge in [0.2, 0.25) is 0 Å². The molecule has 0 saturated heterocycles. The van der Waals surface area contributed by atoms with Crippen LogP contribution in [-0.2, 0) is 9.53 Å². The maximum atomic E-state index is 10.6. The number of hydrogen-bond acceptors (Lipinski definition) is 7. The molecule has 10 nitrogen and oxygen atoms in total. The molecule has 1 heterocycles. The fourth-order valence-electron chi connectivity index (χ4n) is 1.31. The van der Waals surface area contributed by atoms with Gasteiger partial charge in [-0.3, -0.25) is 14.9 Å². The highest BCUT2D eigenvalue weighted by Crippen LogP contribution is 2.24. The Labute approximate surface area is 138 Å². The van der Waals surface area contributed by atoms with E-state index in [1.54, 1.807) is 27.7 Å². The van der Waals surface area contributed by atoms with Crippen LogP contribution in [0, 0.1) is 17.0 Å². The van der Waals surface area contributed by atoms with Gasteiger partial charge in [0, 0.05) is 11.8 Å². The Bertz CT molecular complexity index is 597. The van der Waals surface area contributed by atoms with Crippen molar-refractivity contribution in [2.24, 2.45) is 5.73 Å². The lowest BCUT2D eigenvalue weighted by Crippen LogP contribution is -2.27. The molecule has 0 atom stereocenters. The third kappa shape index (κ3) is 9.92. The second-order valence-electron chi connectivity index (χ2n) is 5.56. The van der Waals surface area contributed by atoms with Gasteiger partial charge >= 0.3 is 17.7 Å². The number of aliphatic carboxylic acids is 1. The van der Waals surface area contributed by atoms with Gasteiger partial charge in [0.25, 0.3) is 5.88 Å². The monoisotopic (exact) mass is 343 g/mol. The lowest BCUT2D eigenvalue weighted by Gasteiger charge is -2.16. The zero-order valence-electron chi connectivity index (χ0n) is 13.9. The number of nitro groups is 1. The van der Waals surface area contributed by atoms with Gasteiger partial charge in [0.05, 0.1) is 11.3 Å². The van der Waals surface area contributed by atoms with Crippen molar-refractivity contribution in [1.29, 1.82) is 0 Å². The molecular formula is C14H21N3O7. The van der Waals surface area contributed by atoms with Gasteiger partial charge in [-0.1, -0.05) is 0 Å². The third-order valence-corrected chi connectivity index (χ3v) is 2.14. The summed E-state index contributed by atoms with van der Waals surface area (Å²) in [5.74, 6) is -1.18. The number of carboxylic acid groups (broad SMARTS) is 1. The van der Waals surface area contributed by atoms with E-state index in [0.717, 1.165) is 0 Å². The normalized spacial score (nSPS) is 10.2. The summed E-state index contributed by atoms with van der Waals surface area (Å²) < 4.78 is 9.53. The maximum Gasteiger partial charge on any atom is 0.405 e. The fourth-order valence-corrected chi connectivity index (χ4v) is 1.31. The summed E-state index contributed by atoms with van der Waals surface area (Å²) >= 11 is 0. The molecule has 1 rings (SSSR count). The van der Waals surface area contributed by atoms with E-state index in [1.807, 2.05) is 0 Å². The van der Waals surface area contributed by atoms with Crippen LogP contribution in [0.15, 0.2) is 12.1 Å². The highest BCUT2D eigenvalue weighted by atomic mass is 16.6. The summed E-state index contributed by atoms with van der Waals surface area (Å²) in [7, 11) is 0. The van der Waals surface area contributed by atoms with Gasteiger partial charge in [-0.15, -0.1) is 0 Å². The minimum atomic E-state index is -1.03. The standard InChI is InChI=1S/C9H10N2O5.C5H11NO2/c1-6-2-3-7(11(14)15)9(10-6)16-5-4-8(12)13;1-5(2,3)8-4(6)7/h2-3H,4-5H2,1H3,(H,12,13);1-3H3,(H2,6,7).